The molecule has 0 saturated heterocycles. The molecule has 0 aliphatic carbocycles. The van der Waals surface area contributed by atoms with E-state index in [0.29, 0.717) is 11.6 Å². The minimum absolute atomic E-state index is 0.313. The van der Waals surface area contributed by atoms with Crippen LogP contribution < -0.4 is 5.32 Å². The highest BCUT2D eigenvalue weighted by Gasteiger charge is 2.03. The molecule has 100 valence electrons. The van der Waals surface area contributed by atoms with Crippen molar-refractivity contribution < 1.29 is 4.39 Å². The maximum absolute atomic E-state index is 13.2. The van der Waals surface area contributed by atoms with Crippen molar-refractivity contribution in [2.24, 2.45) is 0 Å². The molecule has 19 heavy (non-hydrogen) atoms. The fraction of sp³-hybridized carbons (Fsp3) is 0.200. The van der Waals surface area contributed by atoms with Gasteiger partial charge in [0.25, 0.3) is 0 Å². The number of halogens is 3. The van der Waals surface area contributed by atoms with Gasteiger partial charge in [-0.2, -0.15) is 0 Å². The highest BCUT2D eigenvalue weighted by molar-refractivity contribution is 9.10. The van der Waals surface area contributed by atoms with Crippen molar-refractivity contribution in [2.45, 2.75) is 20.4 Å². The Kier molecular flexibility index (Phi) is 4.48. The number of anilines is 1. The average Bonchev–Trinajstić information content (AvgIpc) is 2.32. The maximum Gasteiger partial charge on any atom is 0.125 e. The molecule has 0 heterocycles. The summed E-state index contributed by atoms with van der Waals surface area (Å²) in [5, 5.41) is 3.69. The quantitative estimate of drug-likeness (QED) is 0.780. The first-order valence-electron chi connectivity index (χ1n) is 5.91. The van der Waals surface area contributed by atoms with Crippen LogP contribution in [0.4, 0.5) is 10.1 Å². The smallest absolute Gasteiger partial charge is 0.125 e. The predicted octanol–water partition coefficient (Wildman–Crippen LogP) is 5.47. The van der Waals surface area contributed by atoms with Gasteiger partial charge in [0.15, 0.2) is 0 Å². The Morgan fingerprint density at radius 2 is 1.74 bits per heavy atom. The lowest BCUT2D eigenvalue weighted by Crippen LogP contribution is -2.01. The largest absolute Gasteiger partial charge is 0.381 e. The molecule has 0 spiro atoms. The zero-order chi connectivity index (χ0) is 14.0. The van der Waals surface area contributed by atoms with Crippen molar-refractivity contribution in [1.82, 2.24) is 0 Å². The van der Waals surface area contributed by atoms with Crippen molar-refractivity contribution in [3.63, 3.8) is 0 Å². The normalized spacial score (nSPS) is 10.6. The van der Waals surface area contributed by atoms with E-state index in [1.807, 2.05) is 13.8 Å². The summed E-state index contributed by atoms with van der Waals surface area (Å²) in [5.74, 6) is -0.313. The fourth-order valence-corrected chi connectivity index (χ4v) is 2.44. The van der Waals surface area contributed by atoms with Gasteiger partial charge in [-0.05, 0) is 60.9 Å². The number of benzene rings is 2. The molecule has 2 aromatic carbocycles. The third kappa shape index (κ3) is 3.71. The highest BCUT2D eigenvalue weighted by atomic mass is 79.9. The summed E-state index contributed by atoms with van der Waals surface area (Å²) in [6, 6.07) is 8.66. The van der Waals surface area contributed by atoms with Crippen molar-refractivity contribution in [1.29, 1.82) is 0 Å². The molecule has 1 nitrogen and oxygen atoms in total. The number of hydrogen-bond donors (Lipinski definition) is 1. The SMILES string of the molecule is Cc1cc(NCc2cc(F)cc(Cl)c2)cc(C)c1Br. The maximum atomic E-state index is 13.2. The summed E-state index contributed by atoms with van der Waals surface area (Å²) in [5.41, 5.74) is 4.17. The van der Waals surface area contributed by atoms with Gasteiger partial charge in [0.2, 0.25) is 0 Å². The van der Waals surface area contributed by atoms with E-state index in [1.165, 1.54) is 23.3 Å². The van der Waals surface area contributed by atoms with Gasteiger partial charge in [-0.15, -0.1) is 0 Å². The lowest BCUT2D eigenvalue weighted by atomic mass is 10.1. The molecule has 1 N–H and O–H groups in total. The van der Waals surface area contributed by atoms with Crippen LogP contribution in [0.3, 0.4) is 0 Å². The van der Waals surface area contributed by atoms with Crippen molar-refractivity contribution in [3.8, 4) is 0 Å². The van der Waals surface area contributed by atoms with E-state index in [-0.39, 0.29) is 5.82 Å². The Bertz CT molecular complexity index is 570. The molecule has 2 aromatic rings. The molecular formula is C15H14BrClFN. The van der Waals surface area contributed by atoms with Gasteiger partial charge >= 0.3 is 0 Å². The zero-order valence-electron chi connectivity index (χ0n) is 10.7. The van der Waals surface area contributed by atoms with Crippen LogP contribution in [-0.4, -0.2) is 0 Å². The summed E-state index contributed by atoms with van der Waals surface area (Å²) >= 11 is 9.36. The average molecular weight is 343 g/mol. The fourth-order valence-electron chi connectivity index (χ4n) is 1.97. The Morgan fingerprint density at radius 3 is 2.32 bits per heavy atom. The van der Waals surface area contributed by atoms with Crippen LogP contribution in [0.25, 0.3) is 0 Å². The lowest BCUT2D eigenvalue weighted by molar-refractivity contribution is 0.626. The summed E-state index contributed by atoms with van der Waals surface area (Å²) < 4.78 is 14.3. The van der Waals surface area contributed by atoms with Gasteiger partial charge < -0.3 is 5.32 Å². The second-order valence-corrected chi connectivity index (χ2v) is 5.78. The first kappa shape index (κ1) is 14.4. The summed E-state index contributed by atoms with van der Waals surface area (Å²) in [7, 11) is 0. The summed E-state index contributed by atoms with van der Waals surface area (Å²) in [6.07, 6.45) is 0. The molecule has 0 fully saturated rings. The van der Waals surface area contributed by atoms with E-state index in [9.17, 15) is 4.39 Å². The number of nitrogens with one attached hydrogen (secondary N) is 1. The van der Waals surface area contributed by atoms with E-state index in [4.69, 9.17) is 11.6 Å². The summed E-state index contributed by atoms with van der Waals surface area (Å²) in [6.45, 7) is 4.63. The minimum atomic E-state index is -0.313. The van der Waals surface area contributed by atoms with Crippen LogP contribution in [0.2, 0.25) is 5.02 Å². The molecule has 0 saturated carbocycles. The molecule has 0 amide bonds. The standard InChI is InChI=1S/C15H14BrClFN/c1-9-3-14(4-10(2)15(9)16)19-8-11-5-12(17)7-13(18)6-11/h3-7,19H,8H2,1-2H3. The van der Waals surface area contributed by atoms with Gasteiger partial charge in [-0.3, -0.25) is 0 Å². The van der Waals surface area contributed by atoms with Crippen LogP contribution in [0.15, 0.2) is 34.8 Å². The third-order valence-electron chi connectivity index (χ3n) is 2.86. The van der Waals surface area contributed by atoms with E-state index in [2.05, 4.69) is 33.4 Å². The van der Waals surface area contributed by atoms with Gasteiger partial charge in [0.1, 0.15) is 5.82 Å². The van der Waals surface area contributed by atoms with Gasteiger partial charge in [0, 0.05) is 21.7 Å². The van der Waals surface area contributed by atoms with Crippen molar-refractivity contribution in [3.05, 3.63) is 62.3 Å². The number of hydrogen-bond acceptors (Lipinski definition) is 1. The molecular weight excluding hydrogens is 329 g/mol. The van der Waals surface area contributed by atoms with Crippen LogP contribution in [0, 0.1) is 19.7 Å². The molecule has 0 atom stereocenters. The van der Waals surface area contributed by atoms with Gasteiger partial charge in [-0.1, -0.05) is 27.5 Å². The van der Waals surface area contributed by atoms with Crippen LogP contribution in [0.1, 0.15) is 16.7 Å². The zero-order valence-corrected chi connectivity index (χ0v) is 13.1. The Labute approximate surface area is 125 Å². The highest BCUT2D eigenvalue weighted by Crippen LogP contribution is 2.25. The monoisotopic (exact) mass is 341 g/mol. The molecule has 0 aliphatic heterocycles. The van der Waals surface area contributed by atoms with Crippen LogP contribution in [0.5, 0.6) is 0 Å². The molecule has 2 rings (SSSR count). The first-order chi connectivity index (χ1) is 8.95. The number of aryl methyl sites for hydroxylation is 2. The Morgan fingerprint density at radius 1 is 1.11 bits per heavy atom. The van der Waals surface area contributed by atoms with Gasteiger partial charge in [0.05, 0.1) is 0 Å². The lowest BCUT2D eigenvalue weighted by Gasteiger charge is -2.11. The number of rotatable bonds is 3. The topological polar surface area (TPSA) is 12.0 Å². The van der Waals surface area contributed by atoms with E-state index in [0.717, 1.165) is 15.7 Å². The summed E-state index contributed by atoms with van der Waals surface area (Å²) in [4.78, 5) is 0. The second-order valence-electron chi connectivity index (χ2n) is 4.56. The molecule has 0 radical (unpaired) electrons. The molecule has 4 heteroatoms. The minimum Gasteiger partial charge on any atom is -0.381 e. The van der Waals surface area contributed by atoms with Crippen LogP contribution >= 0.6 is 27.5 Å². The molecule has 0 aliphatic rings. The van der Waals surface area contributed by atoms with Crippen molar-refractivity contribution >= 4 is 33.2 Å². The Balaban J connectivity index is 2.14. The molecule has 0 bridgehead atoms. The van der Waals surface area contributed by atoms with E-state index >= 15 is 0 Å². The molecule has 0 unspecified atom stereocenters. The predicted molar refractivity (Wildman–Crippen MR) is 82.4 cm³/mol. The molecule has 0 aromatic heterocycles. The van der Waals surface area contributed by atoms with E-state index in [1.54, 1.807) is 6.07 Å². The van der Waals surface area contributed by atoms with E-state index < -0.39 is 0 Å². The first-order valence-corrected chi connectivity index (χ1v) is 7.08. The Hall–Kier alpha value is -1.06. The van der Waals surface area contributed by atoms with Gasteiger partial charge in [-0.25, -0.2) is 4.39 Å². The van der Waals surface area contributed by atoms with Crippen molar-refractivity contribution in [2.75, 3.05) is 5.32 Å². The second kappa shape index (κ2) is 5.93. The third-order valence-corrected chi connectivity index (χ3v) is 4.32. The van der Waals surface area contributed by atoms with Crippen LogP contribution in [-0.2, 0) is 6.54 Å².